The number of benzene rings is 2. The van der Waals surface area contributed by atoms with E-state index in [-0.39, 0.29) is 11.4 Å². The zero-order chi connectivity index (χ0) is 14.8. The van der Waals surface area contributed by atoms with Gasteiger partial charge in [-0.3, -0.25) is 0 Å². The first-order chi connectivity index (χ1) is 9.40. The van der Waals surface area contributed by atoms with Crippen molar-refractivity contribution in [3.05, 3.63) is 53.6 Å². The predicted molar refractivity (Wildman–Crippen MR) is 67.1 cm³/mol. The van der Waals surface area contributed by atoms with Crippen LogP contribution in [0.15, 0.2) is 42.5 Å². The fraction of sp³-hybridized carbons (Fsp3) is 0.0714. The van der Waals surface area contributed by atoms with Crippen LogP contribution in [0.1, 0.15) is 11.1 Å². The van der Waals surface area contributed by atoms with Crippen molar-refractivity contribution in [2.45, 2.75) is 6.18 Å². The molecule has 0 radical (unpaired) electrons. The highest BCUT2D eigenvalue weighted by Crippen LogP contribution is 2.36. The number of rotatable bonds is 2. The van der Waals surface area contributed by atoms with Crippen LogP contribution >= 0.6 is 0 Å². The molecule has 0 aliphatic carbocycles. The van der Waals surface area contributed by atoms with Gasteiger partial charge in [0.1, 0.15) is 11.5 Å². The molecule has 2 aromatic rings. The summed E-state index contributed by atoms with van der Waals surface area (Å²) in [5, 5.41) is 8.64. The fourth-order valence-corrected chi connectivity index (χ4v) is 1.58. The molecule has 0 spiro atoms. The Labute approximate surface area is 113 Å². The molecule has 20 heavy (non-hydrogen) atoms. The van der Waals surface area contributed by atoms with Gasteiger partial charge in [-0.2, -0.15) is 18.4 Å². The highest BCUT2D eigenvalue weighted by Gasteiger charge is 2.33. The third-order valence-electron chi connectivity index (χ3n) is 2.55. The van der Waals surface area contributed by atoms with E-state index in [4.69, 9.17) is 15.7 Å². The van der Waals surface area contributed by atoms with Gasteiger partial charge in [-0.05, 0) is 42.5 Å². The Morgan fingerprint density at radius 2 is 1.60 bits per heavy atom. The molecule has 0 amide bonds. The van der Waals surface area contributed by atoms with Crippen LogP contribution in [0.5, 0.6) is 11.5 Å². The first kappa shape index (κ1) is 13.7. The Morgan fingerprint density at radius 1 is 1.00 bits per heavy atom. The number of alkyl halides is 3. The minimum absolute atomic E-state index is 0.0243. The summed E-state index contributed by atoms with van der Waals surface area (Å²) in [6, 6.07) is 11.3. The van der Waals surface area contributed by atoms with Gasteiger partial charge in [-0.25, -0.2) is 0 Å². The van der Waals surface area contributed by atoms with E-state index in [1.54, 1.807) is 0 Å². The molecule has 0 bridgehead atoms. The van der Waals surface area contributed by atoms with Gasteiger partial charge < -0.3 is 10.5 Å². The van der Waals surface area contributed by atoms with Gasteiger partial charge in [0, 0.05) is 5.69 Å². The van der Waals surface area contributed by atoms with E-state index in [1.165, 1.54) is 30.3 Å². The summed E-state index contributed by atoms with van der Waals surface area (Å²) in [5.74, 6) is 0.359. The van der Waals surface area contributed by atoms with Crippen LogP contribution in [-0.2, 0) is 6.18 Å². The molecule has 0 aromatic heterocycles. The standard InChI is InChI=1S/C14H9F3N2O/c15-14(16,17)12-7-11(5-6-13(12)19)20-10-3-1-9(8-18)2-4-10/h1-7H,19H2. The Bertz CT molecular complexity index is 658. The lowest BCUT2D eigenvalue weighted by Gasteiger charge is -2.12. The number of nitriles is 1. The van der Waals surface area contributed by atoms with E-state index in [0.717, 1.165) is 12.1 Å². The SMILES string of the molecule is N#Cc1ccc(Oc2ccc(N)c(C(F)(F)F)c2)cc1. The molecule has 2 rings (SSSR count). The van der Waals surface area contributed by atoms with E-state index in [2.05, 4.69) is 0 Å². The molecule has 102 valence electrons. The van der Waals surface area contributed by atoms with Crippen LogP contribution in [0.2, 0.25) is 0 Å². The van der Waals surface area contributed by atoms with Gasteiger partial charge >= 0.3 is 6.18 Å². The molecule has 0 aliphatic heterocycles. The predicted octanol–water partition coefficient (Wildman–Crippen LogP) is 3.95. The minimum atomic E-state index is -4.53. The van der Waals surface area contributed by atoms with Crippen molar-refractivity contribution in [3.8, 4) is 17.6 Å². The number of nitrogens with zero attached hydrogens (tertiary/aromatic N) is 1. The van der Waals surface area contributed by atoms with Crippen LogP contribution in [-0.4, -0.2) is 0 Å². The molecular weight excluding hydrogens is 269 g/mol. The van der Waals surface area contributed by atoms with Crippen molar-refractivity contribution in [1.29, 1.82) is 5.26 Å². The van der Waals surface area contributed by atoms with Crippen molar-refractivity contribution < 1.29 is 17.9 Å². The summed E-state index contributed by atoms with van der Waals surface area (Å²) in [6.07, 6.45) is -4.53. The van der Waals surface area contributed by atoms with Gasteiger partial charge in [0.15, 0.2) is 0 Å². The number of hydrogen-bond donors (Lipinski definition) is 1. The maximum absolute atomic E-state index is 12.7. The average molecular weight is 278 g/mol. The first-order valence-electron chi connectivity index (χ1n) is 5.55. The Hall–Kier alpha value is -2.68. The van der Waals surface area contributed by atoms with Crippen molar-refractivity contribution >= 4 is 5.69 Å². The van der Waals surface area contributed by atoms with Crippen LogP contribution in [0, 0.1) is 11.3 Å². The molecular formula is C14H9F3N2O. The third-order valence-corrected chi connectivity index (χ3v) is 2.55. The molecule has 0 atom stereocenters. The quantitative estimate of drug-likeness (QED) is 0.846. The minimum Gasteiger partial charge on any atom is -0.457 e. The lowest BCUT2D eigenvalue weighted by molar-refractivity contribution is -0.137. The number of nitrogens with two attached hydrogens (primary N) is 1. The van der Waals surface area contributed by atoms with Crippen molar-refractivity contribution in [1.82, 2.24) is 0 Å². The van der Waals surface area contributed by atoms with Gasteiger partial charge in [-0.15, -0.1) is 0 Å². The maximum Gasteiger partial charge on any atom is 0.418 e. The molecule has 0 saturated carbocycles. The highest BCUT2D eigenvalue weighted by molar-refractivity contribution is 5.52. The third kappa shape index (κ3) is 3.01. The molecule has 2 N–H and O–H groups in total. The summed E-state index contributed by atoms with van der Waals surface area (Å²) in [4.78, 5) is 0. The number of ether oxygens (including phenoxy) is 1. The Morgan fingerprint density at radius 3 is 2.15 bits per heavy atom. The highest BCUT2D eigenvalue weighted by atomic mass is 19.4. The zero-order valence-corrected chi connectivity index (χ0v) is 10.1. The second-order valence-electron chi connectivity index (χ2n) is 3.99. The molecule has 6 heteroatoms. The summed E-state index contributed by atoms with van der Waals surface area (Å²) in [6.45, 7) is 0. The Balaban J connectivity index is 2.28. The normalized spacial score (nSPS) is 10.9. The first-order valence-corrected chi connectivity index (χ1v) is 5.55. The second kappa shape index (κ2) is 5.13. The summed E-state index contributed by atoms with van der Waals surface area (Å²) in [5.41, 5.74) is 4.43. The molecule has 0 saturated heterocycles. The number of anilines is 1. The van der Waals surface area contributed by atoms with E-state index in [0.29, 0.717) is 11.3 Å². The monoisotopic (exact) mass is 278 g/mol. The second-order valence-corrected chi connectivity index (χ2v) is 3.99. The van der Waals surface area contributed by atoms with Gasteiger partial charge in [0.05, 0.1) is 17.2 Å². The summed E-state index contributed by atoms with van der Waals surface area (Å²) in [7, 11) is 0. The smallest absolute Gasteiger partial charge is 0.418 e. The van der Waals surface area contributed by atoms with Gasteiger partial charge in [0.2, 0.25) is 0 Å². The van der Waals surface area contributed by atoms with E-state index < -0.39 is 11.7 Å². The molecule has 0 aliphatic rings. The van der Waals surface area contributed by atoms with Crippen molar-refractivity contribution in [3.63, 3.8) is 0 Å². The largest absolute Gasteiger partial charge is 0.457 e. The van der Waals surface area contributed by atoms with Crippen LogP contribution < -0.4 is 10.5 Å². The fourth-order valence-electron chi connectivity index (χ4n) is 1.58. The number of hydrogen-bond acceptors (Lipinski definition) is 3. The summed E-state index contributed by atoms with van der Waals surface area (Å²) < 4.78 is 43.4. The van der Waals surface area contributed by atoms with E-state index >= 15 is 0 Å². The lowest BCUT2D eigenvalue weighted by atomic mass is 10.1. The van der Waals surface area contributed by atoms with Crippen LogP contribution in [0.3, 0.4) is 0 Å². The van der Waals surface area contributed by atoms with E-state index in [9.17, 15) is 13.2 Å². The molecule has 3 nitrogen and oxygen atoms in total. The molecule has 0 unspecified atom stereocenters. The topological polar surface area (TPSA) is 59.0 Å². The number of halogens is 3. The molecule has 0 heterocycles. The van der Waals surface area contributed by atoms with Crippen LogP contribution in [0.4, 0.5) is 18.9 Å². The lowest BCUT2D eigenvalue weighted by Crippen LogP contribution is -2.08. The van der Waals surface area contributed by atoms with Gasteiger partial charge in [0.25, 0.3) is 0 Å². The maximum atomic E-state index is 12.7. The number of nitrogen functional groups attached to an aromatic ring is 1. The van der Waals surface area contributed by atoms with Crippen molar-refractivity contribution in [2.24, 2.45) is 0 Å². The summed E-state index contributed by atoms with van der Waals surface area (Å²) >= 11 is 0. The molecule has 0 fully saturated rings. The van der Waals surface area contributed by atoms with E-state index in [1.807, 2.05) is 6.07 Å². The van der Waals surface area contributed by atoms with Gasteiger partial charge in [-0.1, -0.05) is 0 Å². The van der Waals surface area contributed by atoms with Crippen molar-refractivity contribution in [2.75, 3.05) is 5.73 Å². The Kier molecular flexibility index (Phi) is 3.53. The zero-order valence-electron chi connectivity index (χ0n) is 10.1. The average Bonchev–Trinajstić information content (AvgIpc) is 2.40. The molecule has 2 aromatic carbocycles. The van der Waals surface area contributed by atoms with Crippen LogP contribution in [0.25, 0.3) is 0 Å².